The smallest absolute Gasteiger partial charge is 0.191 e. The minimum atomic E-state index is 0.111. The Hall–Kier alpha value is -2.43. The Kier molecular flexibility index (Phi) is 7.04. The molecular formula is C18H26N4O. The van der Waals surface area contributed by atoms with E-state index in [9.17, 15) is 0 Å². The van der Waals surface area contributed by atoms with E-state index in [0.29, 0.717) is 6.54 Å². The molecule has 0 amide bonds. The van der Waals surface area contributed by atoms with Crippen molar-refractivity contribution in [2.75, 3.05) is 20.1 Å². The molecule has 2 N–H and O–H groups in total. The quantitative estimate of drug-likeness (QED) is 0.581. The Labute approximate surface area is 138 Å². The van der Waals surface area contributed by atoms with Crippen molar-refractivity contribution in [2.24, 2.45) is 4.99 Å². The van der Waals surface area contributed by atoms with Gasteiger partial charge in [-0.1, -0.05) is 25.1 Å². The number of rotatable bonds is 8. The van der Waals surface area contributed by atoms with Gasteiger partial charge in [-0.15, -0.1) is 0 Å². The molecule has 23 heavy (non-hydrogen) atoms. The molecule has 5 nitrogen and oxygen atoms in total. The highest BCUT2D eigenvalue weighted by atomic mass is 16.5. The van der Waals surface area contributed by atoms with Crippen molar-refractivity contribution in [3.8, 4) is 5.75 Å². The third-order valence-corrected chi connectivity index (χ3v) is 3.55. The van der Waals surface area contributed by atoms with E-state index in [0.717, 1.165) is 31.2 Å². The molecule has 0 aliphatic rings. The van der Waals surface area contributed by atoms with Crippen LogP contribution in [0.3, 0.4) is 0 Å². The lowest BCUT2D eigenvalue weighted by atomic mass is 10.2. The number of hydrogen-bond acceptors (Lipinski definition) is 2. The van der Waals surface area contributed by atoms with Gasteiger partial charge in [0.2, 0.25) is 0 Å². The minimum Gasteiger partial charge on any atom is -0.489 e. The van der Waals surface area contributed by atoms with Crippen molar-refractivity contribution < 1.29 is 4.74 Å². The van der Waals surface area contributed by atoms with Crippen LogP contribution in [-0.4, -0.2) is 36.8 Å². The van der Waals surface area contributed by atoms with Crippen LogP contribution in [0.15, 0.2) is 59.9 Å². The Morgan fingerprint density at radius 3 is 2.52 bits per heavy atom. The fourth-order valence-corrected chi connectivity index (χ4v) is 2.21. The van der Waals surface area contributed by atoms with Gasteiger partial charge in [-0.05, 0) is 30.7 Å². The van der Waals surface area contributed by atoms with Gasteiger partial charge in [-0.2, -0.15) is 0 Å². The van der Waals surface area contributed by atoms with Gasteiger partial charge >= 0.3 is 0 Å². The van der Waals surface area contributed by atoms with Crippen molar-refractivity contribution in [1.82, 2.24) is 15.2 Å². The lowest BCUT2D eigenvalue weighted by Crippen LogP contribution is -2.43. The fourth-order valence-electron chi connectivity index (χ4n) is 2.21. The van der Waals surface area contributed by atoms with Crippen LogP contribution in [0.2, 0.25) is 0 Å². The third-order valence-electron chi connectivity index (χ3n) is 3.55. The molecule has 1 aromatic carbocycles. The first-order chi connectivity index (χ1) is 11.3. The number of para-hydroxylation sites is 1. The second-order valence-corrected chi connectivity index (χ2v) is 5.26. The molecule has 0 aliphatic carbocycles. The molecule has 1 unspecified atom stereocenters. The largest absolute Gasteiger partial charge is 0.489 e. The summed E-state index contributed by atoms with van der Waals surface area (Å²) in [7, 11) is 1.78. The normalized spacial score (nSPS) is 12.7. The van der Waals surface area contributed by atoms with Crippen molar-refractivity contribution in [1.29, 1.82) is 0 Å². The molecule has 1 heterocycles. The van der Waals surface area contributed by atoms with Gasteiger partial charge < -0.3 is 19.9 Å². The monoisotopic (exact) mass is 314 g/mol. The number of hydrogen-bond donors (Lipinski definition) is 2. The van der Waals surface area contributed by atoms with Gasteiger partial charge in [0.1, 0.15) is 11.9 Å². The maximum atomic E-state index is 5.97. The predicted molar refractivity (Wildman–Crippen MR) is 94.9 cm³/mol. The summed E-state index contributed by atoms with van der Waals surface area (Å²) in [6.45, 7) is 4.57. The second kappa shape index (κ2) is 9.56. The SMILES string of the molecule is CCC(CNC(=NC)NCCn1cccc1)Oc1ccccc1. The second-order valence-electron chi connectivity index (χ2n) is 5.26. The van der Waals surface area contributed by atoms with E-state index in [4.69, 9.17) is 4.74 Å². The van der Waals surface area contributed by atoms with E-state index in [1.807, 2.05) is 42.5 Å². The summed E-state index contributed by atoms with van der Waals surface area (Å²) in [5.41, 5.74) is 0. The zero-order valence-electron chi connectivity index (χ0n) is 13.9. The zero-order chi connectivity index (χ0) is 16.3. The predicted octanol–water partition coefficient (Wildman–Crippen LogP) is 2.51. The van der Waals surface area contributed by atoms with E-state index in [2.05, 4.69) is 39.5 Å². The van der Waals surface area contributed by atoms with Crippen molar-refractivity contribution in [2.45, 2.75) is 26.0 Å². The molecule has 2 rings (SSSR count). The van der Waals surface area contributed by atoms with Gasteiger partial charge in [0.25, 0.3) is 0 Å². The van der Waals surface area contributed by atoms with E-state index in [1.54, 1.807) is 7.05 Å². The number of benzene rings is 1. The summed E-state index contributed by atoms with van der Waals surface area (Å²) in [4.78, 5) is 4.25. The number of nitrogens with zero attached hydrogens (tertiary/aromatic N) is 2. The van der Waals surface area contributed by atoms with Gasteiger partial charge in [0, 0.05) is 32.5 Å². The molecule has 124 valence electrons. The summed E-state index contributed by atoms with van der Waals surface area (Å²) in [6.07, 6.45) is 5.15. The average molecular weight is 314 g/mol. The number of aromatic nitrogens is 1. The summed E-state index contributed by atoms with van der Waals surface area (Å²) in [5.74, 6) is 1.70. The number of ether oxygens (including phenoxy) is 1. The molecule has 0 fully saturated rings. The van der Waals surface area contributed by atoms with Crippen molar-refractivity contribution >= 4 is 5.96 Å². The summed E-state index contributed by atoms with van der Waals surface area (Å²) >= 11 is 0. The van der Waals surface area contributed by atoms with Gasteiger partial charge in [0.05, 0.1) is 6.54 Å². The maximum absolute atomic E-state index is 5.97. The first-order valence-corrected chi connectivity index (χ1v) is 8.08. The molecule has 0 saturated carbocycles. The number of nitrogens with one attached hydrogen (secondary N) is 2. The number of guanidine groups is 1. The molecule has 0 saturated heterocycles. The molecule has 1 atom stereocenters. The number of aliphatic imine (C=N–C) groups is 1. The lowest BCUT2D eigenvalue weighted by molar-refractivity contribution is 0.199. The highest BCUT2D eigenvalue weighted by molar-refractivity contribution is 5.79. The third kappa shape index (κ3) is 6.06. The van der Waals surface area contributed by atoms with Crippen LogP contribution in [0.4, 0.5) is 0 Å². The summed E-state index contributed by atoms with van der Waals surface area (Å²) in [6, 6.07) is 14.0. The van der Waals surface area contributed by atoms with Crippen LogP contribution in [0, 0.1) is 0 Å². The van der Waals surface area contributed by atoms with Crippen LogP contribution in [0.1, 0.15) is 13.3 Å². The van der Waals surface area contributed by atoms with Gasteiger partial charge in [-0.3, -0.25) is 4.99 Å². The standard InChI is InChI=1S/C18H26N4O/c1-3-16(23-17-9-5-4-6-10-17)15-21-18(19-2)20-11-14-22-12-7-8-13-22/h4-10,12-13,16H,3,11,14-15H2,1-2H3,(H2,19,20,21). The van der Waals surface area contributed by atoms with E-state index in [1.165, 1.54) is 0 Å². The highest BCUT2D eigenvalue weighted by Gasteiger charge is 2.09. The van der Waals surface area contributed by atoms with E-state index >= 15 is 0 Å². The molecule has 0 spiro atoms. The lowest BCUT2D eigenvalue weighted by Gasteiger charge is -2.20. The molecular weight excluding hydrogens is 288 g/mol. The van der Waals surface area contributed by atoms with Crippen molar-refractivity contribution in [3.63, 3.8) is 0 Å². The summed E-state index contributed by atoms with van der Waals surface area (Å²) < 4.78 is 8.11. The van der Waals surface area contributed by atoms with Crippen LogP contribution in [0.5, 0.6) is 5.75 Å². The summed E-state index contributed by atoms with van der Waals surface area (Å²) in [5, 5.41) is 6.64. The van der Waals surface area contributed by atoms with E-state index in [-0.39, 0.29) is 6.10 Å². The molecule has 5 heteroatoms. The first-order valence-electron chi connectivity index (χ1n) is 8.08. The molecule has 0 aliphatic heterocycles. The highest BCUT2D eigenvalue weighted by Crippen LogP contribution is 2.11. The van der Waals surface area contributed by atoms with Crippen LogP contribution in [0.25, 0.3) is 0 Å². The zero-order valence-corrected chi connectivity index (χ0v) is 13.9. The molecule has 0 bridgehead atoms. The Balaban J connectivity index is 1.72. The Morgan fingerprint density at radius 2 is 1.87 bits per heavy atom. The first kappa shape index (κ1) is 16.9. The van der Waals surface area contributed by atoms with Crippen LogP contribution >= 0.6 is 0 Å². The average Bonchev–Trinajstić information content (AvgIpc) is 3.11. The minimum absolute atomic E-state index is 0.111. The topological polar surface area (TPSA) is 50.6 Å². The fraction of sp³-hybridized carbons (Fsp3) is 0.389. The maximum Gasteiger partial charge on any atom is 0.191 e. The molecule has 2 aromatic rings. The van der Waals surface area contributed by atoms with Crippen LogP contribution in [-0.2, 0) is 6.54 Å². The Bertz CT molecular complexity index is 566. The Morgan fingerprint density at radius 1 is 1.13 bits per heavy atom. The molecule has 0 radical (unpaired) electrons. The van der Waals surface area contributed by atoms with Crippen LogP contribution < -0.4 is 15.4 Å². The molecule has 1 aromatic heterocycles. The van der Waals surface area contributed by atoms with Gasteiger partial charge in [-0.25, -0.2) is 0 Å². The van der Waals surface area contributed by atoms with Gasteiger partial charge in [0.15, 0.2) is 5.96 Å². The van der Waals surface area contributed by atoms with E-state index < -0.39 is 0 Å². The van der Waals surface area contributed by atoms with Crippen molar-refractivity contribution in [3.05, 3.63) is 54.9 Å².